The highest BCUT2D eigenvalue weighted by molar-refractivity contribution is 6.38. The second kappa shape index (κ2) is 5.11. The lowest BCUT2D eigenvalue weighted by atomic mass is 10.1. The minimum absolute atomic E-state index is 0.0982. The van der Waals surface area contributed by atoms with Crippen LogP contribution in [0.2, 0.25) is 10.3 Å². The van der Waals surface area contributed by atoms with E-state index in [4.69, 9.17) is 23.2 Å². The third kappa shape index (κ3) is 2.33. The molecule has 1 aromatic carbocycles. The number of amides is 1. The van der Waals surface area contributed by atoms with Crippen LogP contribution in [0.3, 0.4) is 0 Å². The van der Waals surface area contributed by atoms with Crippen molar-refractivity contribution in [2.75, 3.05) is 5.32 Å². The first-order valence-corrected chi connectivity index (χ1v) is 6.45. The summed E-state index contributed by atoms with van der Waals surface area (Å²) in [7, 11) is 0. The lowest BCUT2D eigenvalue weighted by Gasteiger charge is -2.07. The molecule has 0 aliphatic carbocycles. The number of rotatable bonds is 2. The van der Waals surface area contributed by atoms with E-state index in [1.165, 1.54) is 6.33 Å². The van der Waals surface area contributed by atoms with Crippen molar-refractivity contribution < 1.29 is 4.79 Å². The number of nitrogens with one attached hydrogen (secondary N) is 2. The number of aromatic amines is 1. The number of fused-ring (bicyclic) bond motifs is 1. The minimum atomic E-state index is -0.327. The van der Waals surface area contributed by atoms with Gasteiger partial charge in [-0.25, -0.2) is 9.97 Å². The zero-order chi connectivity index (χ0) is 14.1. The smallest absolute Gasteiger partial charge is 0.255 e. The summed E-state index contributed by atoms with van der Waals surface area (Å²) in [4.78, 5) is 22.8. The zero-order valence-corrected chi connectivity index (χ0v) is 11.5. The van der Waals surface area contributed by atoms with Crippen LogP contribution in [0.4, 0.5) is 5.69 Å². The fourth-order valence-electron chi connectivity index (χ4n) is 1.83. The molecule has 20 heavy (non-hydrogen) atoms. The molecular formula is C13H8Cl2N4O. The average molecular weight is 307 g/mol. The van der Waals surface area contributed by atoms with Crippen molar-refractivity contribution in [2.24, 2.45) is 0 Å². The van der Waals surface area contributed by atoms with E-state index >= 15 is 0 Å². The standard InChI is InChI=1S/C13H8Cl2N4O/c14-11-10(12(15)18-6-17-11)19-13(20)8-1-2-9-7(5-8)3-4-16-9/h1-6,16H,(H,19,20). The SMILES string of the molecule is O=C(Nc1c(Cl)ncnc1Cl)c1ccc2[nH]ccc2c1. The van der Waals surface area contributed by atoms with Gasteiger partial charge in [0.05, 0.1) is 0 Å². The summed E-state index contributed by atoms with van der Waals surface area (Å²) in [6.07, 6.45) is 3.04. The van der Waals surface area contributed by atoms with E-state index in [2.05, 4.69) is 20.3 Å². The Morgan fingerprint density at radius 2 is 1.90 bits per heavy atom. The molecule has 0 aliphatic rings. The summed E-state index contributed by atoms with van der Waals surface area (Å²) in [5.74, 6) is -0.327. The molecule has 0 unspecified atom stereocenters. The fourth-order valence-corrected chi connectivity index (χ4v) is 2.24. The summed E-state index contributed by atoms with van der Waals surface area (Å²) in [6.45, 7) is 0. The van der Waals surface area contributed by atoms with E-state index in [9.17, 15) is 4.79 Å². The van der Waals surface area contributed by atoms with Crippen LogP contribution in [-0.2, 0) is 0 Å². The van der Waals surface area contributed by atoms with Gasteiger partial charge in [0.25, 0.3) is 5.91 Å². The molecule has 2 heterocycles. The number of carbonyl (C=O) groups excluding carboxylic acids is 1. The quantitative estimate of drug-likeness (QED) is 0.712. The van der Waals surface area contributed by atoms with Gasteiger partial charge in [-0.2, -0.15) is 0 Å². The van der Waals surface area contributed by atoms with Gasteiger partial charge >= 0.3 is 0 Å². The van der Waals surface area contributed by atoms with E-state index in [1.807, 2.05) is 18.3 Å². The first-order chi connectivity index (χ1) is 9.65. The highest BCUT2D eigenvalue weighted by atomic mass is 35.5. The third-order valence-electron chi connectivity index (χ3n) is 2.81. The van der Waals surface area contributed by atoms with Gasteiger partial charge in [0, 0.05) is 22.7 Å². The van der Waals surface area contributed by atoms with Gasteiger partial charge < -0.3 is 10.3 Å². The van der Waals surface area contributed by atoms with E-state index in [1.54, 1.807) is 12.1 Å². The van der Waals surface area contributed by atoms with Crippen molar-refractivity contribution in [3.8, 4) is 0 Å². The molecule has 1 amide bonds. The van der Waals surface area contributed by atoms with Crippen LogP contribution in [0.15, 0.2) is 36.8 Å². The Hall–Kier alpha value is -2.11. The largest absolute Gasteiger partial charge is 0.361 e. The number of halogens is 2. The Balaban J connectivity index is 1.92. The monoisotopic (exact) mass is 306 g/mol. The first-order valence-electron chi connectivity index (χ1n) is 5.69. The molecule has 3 rings (SSSR count). The second-order valence-corrected chi connectivity index (χ2v) is 4.78. The molecule has 0 spiro atoms. The van der Waals surface area contributed by atoms with Gasteiger partial charge in [0.1, 0.15) is 12.0 Å². The van der Waals surface area contributed by atoms with Crippen molar-refractivity contribution in [3.05, 3.63) is 52.7 Å². The van der Waals surface area contributed by atoms with Crippen molar-refractivity contribution in [1.29, 1.82) is 0 Å². The van der Waals surface area contributed by atoms with Crippen LogP contribution < -0.4 is 5.32 Å². The second-order valence-electron chi connectivity index (χ2n) is 4.06. The van der Waals surface area contributed by atoms with Crippen molar-refractivity contribution >= 4 is 45.7 Å². The third-order valence-corrected chi connectivity index (χ3v) is 3.38. The molecule has 2 aromatic heterocycles. The molecule has 2 N–H and O–H groups in total. The van der Waals surface area contributed by atoms with Crippen LogP contribution in [0.1, 0.15) is 10.4 Å². The summed E-state index contributed by atoms with van der Waals surface area (Å²) in [6, 6.07) is 7.19. The maximum absolute atomic E-state index is 12.2. The topological polar surface area (TPSA) is 70.7 Å². The molecule has 7 heteroatoms. The van der Waals surface area contributed by atoms with E-state index in [0.29, 0.717) is 5.56 Å². The first kappa shape index (κ1) is 12.9. The molecule has 100 valence electrons. The fraction of sp³-hybridized carbons (Fsp3) is 0. The number of hydrogen-bond donors (Lipinski definition) is 2. The lowest BCUT2D eigenvalue weighted by Crippen LogP contribution is -2.13. The van der Waals surface area contributed by atoms with Gasteiger partial charge in [0.2, 0.25) is 0 Å². The normalized spacial score (nSPS) is 10.7. The van der Waals surface area contributed by atoms with Gasteiger partial charge in [-0.15, -0.1) is 0 Å². The molecule has 0 saturated heterocycles. The summed E-state index contributed by atoms with van der Waals surface area (Å²) in [5, 5.41) is 3.75. The number of carbonyl (C=O) groups is 1. The summed E-state index contributed by atoms with van der Waals surface area (Å²) < 4.78 is 0. The molecule has 0 radical (unpaired) electrons. The summed E-state index contributed by atoms with van der Waals surface area (Å²) >= 11 is 11.8. The average Bonchev–Trinajstić information content (AvgIpc) is 2.90. The van der Waals surface area contributed by atoms with Gasteiger partial charge in [-0.3, -0.25) is 4.79 Å². The van der Waals surface area contributed by atoms with Crippen molar-refractivity contribution in [2.45, 2.75) is 0 Å². The van der Waals surface area contributed by atoms with Gasteiger partial charge in [-0.1, -0.05) is 23.2 Å². The number of hydrogen-bond acceptors (Lipinski definition) is 3. The highest BCUT2D eigenvalue weighted by Crippen LogP contribution is 2.26. The highest BCUT2D eigenvalue weighted by Gasteiger charge is 2.13. The number of benzene rings is 1. The van der Waals surface area contributed by atoms with E-state index in [0.717, 1.165) is 10.9 Å². The molecule has 0 saturated carbocycles. The lowest BCUT2D eigenvalue weighted by molar-refractivity contribution is 0.102. The van der Waals surface area contributed by atoms with Crippen LogP contribution in [0.5, 0.6) is 0 Å². The molecule has 0 atom stereocenters. The number of nitrogens with zero attached hydrogens (tertiary/aromatic N) is 2. The van der Waals surface area contributed by atoms with Crippen LogP contribution >= 0.6 is 23.2 Å². The number of aromatic nitrogens is 3. The van der Waals surface area contributed by atoms with Crippen LogP contribution in [-0.4, -0.2) is 20.9 Å². The molecule has 0 bridgehead atoms. The van der Waals surface area contributed by atoms with E-state index in [-0.39, 0.29) is 21.9 Å². The Kier molecular flexibility index (Phi) is 3.30. The van der Waals surface area contributed by atoms with Gasteiger partial charge in [-0.05, 0) is 24.3 Å². The molecule has 0 fully saturated rings. The number of anilines is 1. The maximum Gasteiger partial charge on any atom is 0.255 e. The minimum Gasteiger partial charge on any atom is -0.361 e. The van der Waals surface area contributed by atoms with Crippen molar-refractivity contribution in [1.82, 2.24) is 15.0 Å². The zero-order valence-electron chi connectivity index (χ0n) is 10.0. The number of H-pyrrole nitrogens is 1. The predicted octanol–water partition coefficient (Wildman–Crippen LogP) is 3.52. The Bertz CT molecular complexity index is 780. The summed E-state index contributed by atoms with van der Waals surface area (Å²) in [5.41, 5.74) is 1.66. The predicted molar refractivity (Wildman–Crippen MR) is 78.3 cm³/mol. The Morgan fingerprint density at radius 1 is 1.15 bits per heavy atom. The van der Waals surface area contributed by atoms with Crippen LogP contribution in [0.25, 0.3) is 10.9 Å². The Labute approximate surface area is 124 Å². The molecule has 5 nitrogen and oxygen atoms in total. The van der Waals surface area contributed by atoms with Crippen LogP contribution in [0, 0.1) is 0 Å². The maximum atomic E-state index is 12.2. The molecular weight excluding hydrogens is 299 g/mol. The van der Waals surface area contributed by atoms with Gasteiger partial charge in [0.15, 0.2) is 10.3 Å². The molecule has 3 aromatic rings. The molecule has 0 aliphatic heterocycles. The Morgan fingerprint density at radius 3 is 2.65 bits per heavy atom. The van der Waals surface area contributed by atoms with E-state index < -0.39 is 0 Å². The van der Waals surface area contributed by atoms with Crippen molar-refractivity contribution in [3.63, 3.8) is 0 Å².